The van der Waals surface area contributed by atoms with Gasteiger partial charge >= 0.3 is 12.2 Å². The summed E-state index contributed by atoms with van der Waals surface area (Å²) in [4.78, 5) is 31.9. The second-order valence-corrected chi connectivity index (χ2v) is 18.1. The highest BCUT2D eigenvalue weighted by Gasteiger charge is 2.37. The third kappa shape index (κ3) is 7.91. The Labute approximate surface area is 224 Å². The van der Waals surface area contributed by atoms with Gasteiger partial charge in [-0.05, 0) is 88.3 Å². The van der Waals surface area contributed by atoms with Crippen LogP contribution in [0.1, 0.15) is 62.3 Å². The van der Waals surface area contributed by atoms with Crippen LogP contribution in [0, 0.1) is 3.57 Å². The molecule has 0 saturated heterocycles. The average Bonchev–Trinajstić information content (AvgIpc) is 2.98. The number of ether oxygens (including phenoxy) is 2. The van der Waals surface area contributed by atoms with Gasteiger partial charge in [0.05, 0.1) is 25.0 Å². The van der Waals surface area contributed by atoms with Gasteiger partial charge in [0.1, 0.15) is 11.2 Å². The van der Waals surface area contributed by atoms with Crippen molar-refractivity contribution in [2.75, 3.05) is 18.1 Å². The molecule has 8 nitrogen and oxygen atoms in total. The number of hydrogen-bond donors (Lipinski definition) is 0. The van der Waals surface area contributed by atoms with E-state index in [4.69, 9.17) is 13.9 Å². The van der Waals surface area contributed by atoms with E-state index in [0.29, 0.717) is 24.5 Å². The third-order valence-corrected chi connectivity index (χ3v) is 11.1. The Kier molecular flexibility index (Phi) is 8.76. The molecule has 0 spiro atoms. The minimum atomic E-state index is -1.99. The summed E-state index contributed by atoms with van der Waals surface area (Å²) in [5, 5.41) is 0.804. The minimum absolute atomic E-state index is 0.0604. The molecule has 0 aliphatic heterocycles. The van der Waals surface area contributed by atoms with Crippen molar-refractivity contribution in [3.8, 4) is 0 Å². The predicted molar refractivity (Wildman–Crippen MR) is 151 cm³/mol. The number of anilines is 1. The molecule has 1 amide bonds. The maximum Gasteiger partial charge on any atom is 0.420 e. The minimum Gasteiger partial charge on any atom is -0.443 e. The lowest BCUT2D eigenvalue weighted by atomic mass is 10.2. The lowest BCUT2D eigenvalue weighted by Crippen LogP contribution is -2.44. The molecule has 2 rings (SSSR count). The lowest BCUT2D eigenvalue weighted by molar-refractivity contribution is 0.0539. The second-order valence-electron chi connectivity index (χ2n) is 12.1. The number of pyridine rings is 1. The molecule has 0 aromatic carbocycles. The zero-order chi connectivity index (χ0) is 27.0. The zero-order valence-electron chi connectivity index (χ0n) is 22.9. The first-order valence-corrected chi connectivity index (χ1v) is 15.7. The monoisotopic (exact) mass is 617 g/mol. The van der Waals surface area contributed by atoms with E-state index in [-0.39, 0.29) is 5.04 Å². The molecule has 0 fully saturated rings. The van der Waals surface area contributed by atoms with Crippen LogP contribution in [0.4, 0.5) is 15.3 Å². The van der Waals surface area contributed by atoms with Crippen molar-refractivity contribution in [3.63, 3.8) is 0 Å². The SMILES string of the molecule is CC(C)(C)OC(=O)N(CCO[Si](C)(C)C(C)(C)C)c1cnc2c(c1)c(I)cn2C(=O)OC(C)(C)C. The Hall–Kier alpha value is -1.66. The van der Waals surface area contributed by atoms with Crippen molar-refractivity contribution in [2.45, 2.75) is 91.6 Å². The number of aromatic nitrogens is 2. The first-order chi connectivity index (χ1) is 15.7. The van der Waals surface area contributed by atoms with Gasteiger partial charge < -0.3 is 13.9 Å². The van der Waals surface area contributed by atoms with Crippen LogP contribution in [0.2, 0.25) is 18.1 Å². The Bertz CT molecular complexity index is 1080. The number of carbonyl (C=O) groups excluding carboxylic acids is 2. The van der Waals surface area contributed by atoms with E-state index in [0.717, 1.165) is 8.96 Å². The number of rotatable bonds is 5. The van der Waals surface area contributed by atoms with Crippen molar-refractivity contribution in [1.82, 2.24) is 9.55 Å². The van der Waals surface area contributed by atoms with Crippen molar-refractivity contribution in [2.24, 2.45) is 0 Å². The summed E-state index contributed by atoms with van der Waals surface area (Å²) in [5.74, 6) is 0. The van der Waals surface area contributed by atoms with Gasteiger partial charge in [0.15, 0.2) is 14.0 Å². The molecular formula is C25H40IN3O5Si. The van der Waals surface area contributed by atoms with Gasteiger partial charge in [0, 0.05) is 15.2 Å². The van der Waals surface area contributed by atoms with Crippen LogP contribution in [0.25, 0.3) is 11.0 Å². The highest BCUT2D eigenvalue weighted by atomic mass is 127. The molecule has 0 unspecified atom stereocenters. The summed E-state index contributed by atoms with van der Waals surface area (Å²) < 4.78 is 19.7. The Morgan fingerprint density at radius 3 is 2.11 bits per heavy atom. The molecule has 0 aliphatic carbocycles. The standard InChI is InChI=1S/C25H40IN3O5Si/c1-23(2,3)33-21(30)28(12-13-32-35(10,11)25(7,8)9)17-14-18-19(26)16-29(20(18)27-15-17)22(31)34-24(4,5)6/h14-16H,12-13H2,1-11H3. The van der Waals surface area contributed by atoms with E-state index in [1.54, 1.807) is 17.3 Å². The van der Waals surface area contributed by atoms with E-state index in [1.165, 1.54) is 4.57 Å². The molecule has 2 aromatic rings. The number of halogens is 1. The van der Waals surface area contributed by atoms with Gasteiger partial charge in [0.2, 0.25) is 0 Å². The molecule has 2 heterocycles. The second kappa shape index (κ2) is 10.4. The van der Waals surface area contributed by atoms with Crippen molar-refractivity contribution >= 4 is 59.8 Å². The molecule has 0 atom stereocenters. The summed E-state index contributed by atoms with van der Waals surface area (Å²) >= 11 is 2.15. The van der Waals surface area contributed by atoms with E-state index < -0.39 is 31.7 Å². The van der Waals surface area contributed by atoms with Crippen LogP contribution < -0.4 is 4.90 Å². The smallest absolute Gasteiger partial charge is 0.420 e. The largest absolute Gasteiger partial charge is 0.443 e. The molecule has 10 heteroatoms. The van der Waals surface area contributed by atoms with Crippen LogP contribution in [-0.4, -0.2) is 54.4 Å². The van der Waals surface area contributed by atoms with Gasteiger partial charge in [-0.2, -0.15) is 0 Å². The molecule has 0 aliphatic rings. The van der Waals surface area contributed by atoms with Gasteiger partial charge in [-0.1, -0.05) is 20.8 Å². The average molecular weight is 618 g/mol. The molecule has 0 radical (unpaired) electrons. The van der Waals surface area contributed by atoms with Crippen molar-refractivity contribution in [1.29, 1.82) is 0 Å². The summed E-state index contributed by atoms with van der Waals surface area (Å²) in [7, 11) is -1.99. The van der Waals surface area contributed by atoms with Gasteiger partial charge in [-0.3, -0.25) is 4.90 Å². The quantitative estimate of drug-likeness (QED) is 0.261. The number of nitrogens with zero attached hydrogens (tertiary/aromatic N) is 3. The fourth-order valence-corrected chi connectivity index (χ4v) is 4.62. The van der Waals surface area contributed by atoms with Crippen molar-refractivity contribution < 1.29 is 23.5 Å². The highest BCUT2D eigenvalue weighted by Crippen LogP contribution is 2.36. The van der Waals surface area contributed by atoms with Crippen LogP contribution in [0.15, 0.2) is 18.5 Å². The Morgan fingerprint density at radius 1 is 1.03 bits per heavy atom. The Morgan fingerprint density at radius 2 is 1.60 bits per heavy atom. The topological polar surface area (TPSA) is 82.9 Å². The highest BCUT2D eigenvalue weighted by molar-refractivity contribution is 14.1. The van der Waals surface area contributed by atoms with E-state index in [9.17, 15) is 9.59 Å². The Balaban J connectivity index is 2.40. The van der Waals surface area contributed by atoms with Gasteiger partial charge in [-0.25, -0.2) is 19.1 Å². The first kappa shape index (κ1) is 29.6. The van der Waals surface area contributed by atoms with Crippen LogP contribution in [-0.2, 0) is 13.9 Å². The zero-order valence-corrected chi connectivity index (χ0v) is 26.1. The summed E-state index contributed by atoms with van der Waals surface area (Å²) in [6.45, 7) is 22.6. The number of amides is 1. The summed E-state index contributed by atoms with van der Waals surface area (Å²) in [6, 6.07) is 1.85. The fourth-order valence-electron chi connectivity index (χ4n) is 2.91. The third-order valence-electron chi connectivity index (χ3n) is 5.68. The fraction of sp³-hybridized carbons (Fsp3) is 0.640. The number of hydrogen-bond acceptors (Lipinski definition) is 6. The first-order valence-electron chi connectivity index (χ1n) is 11.8. The molecule has 2 aromatic heterocycles. The molecule has 35 heavy (non-hydrogen) atoms. The molecule has 0 bridgehead atoms. The number of fused-ring (bicyclic) bond motifs is 1. The number of carbonyl (C=O) groups is 2. The van der Waals surface area contributed by atoms with Crippen LogP contribution in [0.5, 0.6) is 0 Å². The van der Waals surface area contributed by atoms with Gasteiger partial charge in [-0.15, -0.1) is 0 Å². The molecule has 0 saturated carbocycles. The van der Waals surface area contributed by atoms with Gasteiger partial charge in [0.25, 0.3) is 0 Å². The van der Waals surface area contributed by atoms with Crippen LogP contribution >= 0.6 is 22.6 Å². The molecule has 196 valence electrons. The maximum absolute atomic E-state index is 13.2. The normalized spacial score (nSPS) is 13.1. The summed E-state index contributed by atoms with van der Waals surface area (Å²) in [6.07, 6.45) is 2.29. The van der Waals surface area contributed by atoms with Crippen LogP contribution in [0.3, 0.4) is 0 Å². The molecule has 0 N–H and O–H groups in total. The molecular weight excluding hydrogens is 577 g/mol. The lowest BCUT2D eigenvalue weighted by Gasteiger charge is -2.37. The van der Waals surface area contributed by atoms with E-state index in [1.807, 2.05) is 47.6 Å². The maximum atomic E-state index is 13.2. The van der Waals surface area contributed by atoms with E-state index >= 15 is 0 Å². The van der Waals surface area contributed by atoms with E-state index in [2.05, 4.69) is 61.4 Å². The van der Waals surface area contributed by atoms with Crippen molar-refractivity contribution in [3.05, 3.63) is 22.0 Å². The predicted octanol–water partition coefficient (Wildman–Crippen LogP) is 7.19. The summed E-state index contributed by atoms with van der Waals surface area (Å²) in [5.41, 5.74) is -0.238.